The van der Waals surface area contributed by atoms with E-state index in [1.165, 1.54) is 5.56 Å². The Morgan fingerprint density at radius 3 is 2.33 bits per heavy atom. The first kappa shape index (κ1) is 15.0. The van der Waals surface area contributed by atoms with Crippen molar-refractivity contribution in [3.63, 3.8) is 0 Å². The minimum Gasteiger partial charge on any atom is -0.496 e. The minimum absolute atomic E-state index is 0.127. The van der Waals surface area contributed by atoms with Crippen molar-refractivity contribution in [2.24, 2.45) is 0 Å². The zero-order valence-corrected chi connectivity index (χ0v) is 11.8. The number of ether oxygens (including phenoxy) is 3. The smallest absolute Gasteiger partial charge is 0.171 e. The number of methoxy groups -OCH3 is 3. The van der Waals surface area contributed by atoms with Crippen molar-refractivity contribution in [3.05, 3.63) is 29.3 Å². The lowest BCUT2D eigenvalue weighted by molar-refractivity contribution is -0.119. The molecule has 0 heterocycles. The van der Waals surface area contributed by atoms with Crippen LogP contribution in [0.3, 0.4) is 0 Å². The molecule has 0 spiro atoms. The van der Waals surface area contributed by atoms with Crippen LogP contribution in [-0.2, 0) is 16.0 Å². The normalized spacial score (nSPS) is 12.8. The van der Waals surface area contributed by atoms with Crippen LogP contribution in [0.2, 0.25) is 0 Å². The van der Waals surface area contributed by atoms with Crippen molar-refractivity contribution >= 4 is 0 Å². The predicted octanol–water partition coefficient (Wildman–Crippen LogP) is 2.10. The van der Waals surface area contributed by atoms with Crippen molar-refractivity contribution < 1.29 is 14.2 Å². The van der Waals surface area contributed by atoms with Crippen molar-refractivity contribution in [1.82, 2.24) is 5.32 Å². The molecule has 0 fully saturated rings. The molecule has 0 bridgehead atoms. The van der Waals surface area contributed by atoms with Crippen LogP contribution in [0.4, 0.5) is 0 Å². The molecular weight excluding hydrogens is 230 g/mol. The number of benzene rings is 1. The highest BCUT2D eigenvalue weighted by Crippen LogP contribution is 2.18. The molecule has 18 heavy (non-hydrogen) atoms. The van der Waals surface area contributed by atoms with Crippen LogP contribution < -0.4 is 10.1 Å². The van der Waals surface area contributed by atoms with Gasteiger partial charge >= 0.3 is 0 Å². The standard InChI is InChI=1S/C14H23NO3/c1-10-8-12(6-7-13(10)16-3)9-15-11(2)14(17-4)18-5/h6-8,11,14-15H,9H2,1-5H3. The number of hydrogen-bond acceptors (Lipinski definition) is 4. The monoisotopic (exact) mass is 253 g/mol. The van der Waals surface area contributed by atoms with Crippen LogP contribution in [0.1, 0.15) is 18.1 Å². The second-order valence-electron chi connectivity index (χ2n) is 4.31. The van der Waals surface area contributed by atoms with E-state index >= 15 is 0 Å². The average molecular weight is 253 g/mol. The molecule has 0 aliphatic carbocycles. The van der Waals surface area contributed by atoms with Crippen LogP contribution in [-0.4, -0.2) is 33.7 Å². The molecule has 0 aliphatic rings. The lowest BCUT2D eigenvalue weighted by Gasteiger charge is -2.22. The fourth-order valence-electron chi connectivity index (χ4n) is 1.93. The van der Waals surface area contributed by atoms with Crippen LogP contribution in [0, 0.1) is 6.92 Å². The molecule has 0 saturated carbocycles. The van der Waals surface area contributed by atoms with E-state index in [0.29, 0.717) is 0 Å². The zero-order valence-electron chi connectivity index (χ0n) is 11.8. The van der Waals surface area contributed by atoms with E-state index in [0.717, 1.165) is 17.9 Å². The van der Waals surface area contributed by atoms with Crippen LogP contribution in [0.15, 0.2) is 18.2 Å². The molecule has 1 N–H and O–H groups in total. The summed E-state index contributed by atoms with van der Waals surface area (Å²) in [7, 11) is 4.97. The third kappa shape index (κ3) is 3.98. The molecule has 102 valence electrons. The molecule has 0 aliphatic heterocycles. The van der Waals surface area contributed by atoms with E-state index in [1.807, 2.05) is 19.9 Å². The summed E-state index contributed by atoms with van der Waals surface area (Å²) in [6.07, 6.45) is -0.232. The van der Waals surface area contributed by atoms with Gasteiger partial charge in [-0.15, -0.1) is 0 Å². The summed E-state index contributed by atoms with van der Waals surface area (Å²) in [4.78, 5) is 0. The average Bonchev–Trinajstić information content (AvgIpc) is 2.38. The molecule has 1 atom stereocenters. The highest BCUT2D eigenvalue weighted by atomic mass is 16.7. The fraction of sp³-hybridized carbons (Fsp3) is 0.571. The Bertz CT molecular complexity index is 364. The summed E-state index contributed by atoms with van der Waals surface area (Å²) in [6.45, 7) is 4.85. The van der Waals surface area contributed by atoms with Gasteiger partial charge < -0.3 is 19.5 Å². The lowest BCUT2D eigenvalue weighted by atomic mass is 10.1. The van der Waals surface area contributed by atoms with Gasteiger partial charge in [0, 0.05) is 20.8 Å². The van der Waals surface area contributed by atoms with Crippen molar-refractivity contribution in [3.8, 4) is 5.75 Å². The molecule has 0 amide bonds. The van der Waals surface area contributed by atoms with Gasteiger partial charge in [-0.1, -0.05) is 12.1 Å². The van der Waals surface area contributed by atoms with E-state index in [9.17, 15) is 0 Å². The Hall–Kier alpha value is -1.10. The Morgan fingerprint density at radius 2 is 1.83 bits per heavy atom. The molecule has 1 aromatic carbocycles. The van der Waals surface area contributed by atoms with Crippen LogP contribution in [0.5, 0.6) is 5.75 Å². The van der Waals surface area contributed by atoms with E-state index in [4.69, 9.17) is 14.2 Å². The van der Waals surface area contributed by atoms with Gasteiger partial charge in [-0.25, -0.2) is 0 Å². The van der Waals surface area contributed by atoms with E-state index < -0.39 is 0 Å². The topological polar surface area (TPSA) is 39.7 Å². The van der Waals surface area contributed by atoms with E-state index in [-0.39, 0.29) is 12.3 Å². The number of aryl methyl sites for hydroxylation is 1. The van der Waals surface area contributed by atoms with E-state index in [1.54, 1.807) is 21.3 Å². The summed E-state index contributed by atoms with van der Waals surface area (Å²) in [5.41, 5.74) is 2.35. The maximum atomic E-state index is 5.24. The van der Waals surface area contributed by atoms with Crippen molar-refractivity contribution in [1.29, 1.82) is 0 Å². The molecule has 0 aromatic heterocycles. The first-order valence-electron chi connectivity index (χ1n) is 6.04. The Kier molecular flexibility index (Phi) is 6.12. The third-order valence-corrected chi connectivity index (χ3v) is 2.96. The van der Waals surface area contributed by atoms with Crippen molar-refractivity contribution in [2.75, 3.05) is 21.3 Å². The SMILES string of the molecule is COc1ccc(CNC(C)C(OC)OC)cc1C. The number of rotatable bonds is 7. The Labute approximate surface area is 109 Å². The largest absolute Gasteiger partial charge is 0.496 e. The second-order valence-corrected chi connectivity index (χ2v) is 4.31. The van der Waals surface area contributed by atoms with Gasteiger partial charge in [0.15, 0.2) is 6.29 Å². The first-order valence-corrected chi connectivity index (χ1v) is 6.04. The maximum Gasteiger partial charge on any atom is 0.171 e. The van der Waals surface area contributed by atoms with Crippen molar-refractivity contribution in [2.45, 2.75) is 32.7 Å². The molecule has 4 heteroatoms. The molecule has 0 saturated heterocycles. The van der Waals surface area contributed by atoms with Crippen LogP contribution in [0.25, 0.3) is 0 Å². The van der Waals surface area contributed by atoms with Gasteiger partial charge in [-0.3, -0.25) is 0 Å². The minimum atomic E-state index is -0.232. The van der Waals surface area contributed by atoms with Gasteiger partial charge in [-0.05, 0) is 31.0 Å². The van der Waals surface area contributed by atoms with Crippen LogP contribution >= 0.6 is 0 Å². The summed E-state index contributed by atoms with van der Waals surface area (Å²) in [5, 5.41) is 3.37. The fourth-order valence-corrected chi connectivity index (χ4v) is 1.93. The zero-order chi connectivity index (χ0) is 13.5. The lowest BCUT2D eigenvalue weighted by Crippen LogP contribution is -2.39. The van der Waals surface area contributed by atoms with Gasteiger partial charge in [0.05, 0.1) is 13.2 Å². The van der Waals surface area contributed by atoms with Gasteiger partial charge in [0.2, 0.25) is 0 Å². The predicted molar refractivity (Wildman–Crippen MR) is 71.8 cm³/mol. The molecule has 0 radical (unpaired) electrons. The second kappa shape index (κ2) is 7.36. The summed E-state index contributed by atoms with van der Waals surface area (Å²) in [5.74, 6) is 0.915. The molecule has 1 aromatic rings. The molecular formula is C14H23NO3. The highest BCUT2D eigenvalue weighted by Gasteiger charge is 2.14. The third-order valence-electron chi connectivity index (χ3n) is 2.96. The summed E-state index contributed by atoms with van der Waals surface area (Å²) < 4.78 is 15.6. The Morgan fingerprint density at radius 1 is 1.17 bits per heavy atom. The maximum absolute atomic E-state index is 5.24. The van der Waals surface area contributed by atoms with E-state index in [2.05, 4.69) is 17.4 Å². The summed E-state index contributed by atoms with van der Waals surface area (Å²) >= 11 is 0. The molecule has 1 rings (SSSR count). The Balaban J connectivity index is 2.55. The van der Waals surface area contributed by atoms with Gasteiger partial charge in [0.25, 0.3) is 0 Å². The van der Waals surface area contributed by atoms with Gasteiger partial charge in [-0.2, -0.15) is 0 Å². The highest BCUT2D eigenvalue weighted by molar-refractivity contribution is 5.36. The molecule has 1 unspecified atom stereocenters. The summed E-state index contributed by atoms with van der Waals surface area (Å²) in [6, 6.07) is 6.29. The molecule has 4 nitrogen and oxygen atoms in total. The number of hydrogen-bond donors (Lipinski definition) is 1. The quantitative estimate of drug-likeness (QED) is 0.755. The van der Waals surface area contributed by atoms with Gasteiger partial charge in [0.1, 0.15) is 5.75 Å². The first-order chi connectivity index (χ1) is 8.62. The number of nitrogens with one attached hydrogen (secondary N) is 1.